The molecule has 0 aliphatic heterocycles. The molecular weight excluding hydrogens is 476 g/mol. The molecule has 0 aliphatic carbocycles. The van der Waals surface area contributed by atoms with Crippen LogP contribution in [0, 0.1) is 0 Å². The first kappa shape index (κ1) is 28.1. The van der Waals surface area contributed by atoms with Crippen LogP contribution in [-0.4, -0.2) is 79.5 Å². The standard InChI is InChI=1S/C10H11O15P3.Na.H/c1-22-28(21,25-27(19,20)24-26(16,17)18)23-10(15)7-3-5(8(11)12)2-6(4-7)9(13)14;;/h2-4H,1H3,(H,11,12)(H,13,14)(H,19,20)(H2,16,17,18);;. The molecule has 0 saturated heterocycles. The summed E-state index contributed by atoms with van der Waals surface area (Å²) in [6, 6.07) is 1.95. The number of phosphoric ester groups is 1. The first-order valence-electron chi connectivity index (χ1n) is 6.40. The summed E-state index contributed by atoms with van der Waals surface area (Å²) in [5, 5.41) is 17.9. The van der Waals surface area contributed by atoms with Gasteiger partial charge in [-0.3, -0.25) is 4.52 Å². The number of carbonyl (C=O) groups excluding carboxylic acids is 1. The van der Waals surface area contributed by atoms with Crippen LogP contribution in [0.5, 0.6) is 0 Å². The average molecular weight is 488 g/mol. The van der Waals surface area contributed by atoms with Crippen LogP contribution in [0.1, 0.15) is 31.1 Å². The Kier molecular flexibility index (Phi) is 10.1. The zero-order valence-corrected chi connectivity index (χ0v) is 16.1. The number of hydrogen-bond donors (Lipinski definition) is 5. The van der Waals surface area contributed by atoms with Gasteiger partial charge in [0.05, 0.1) is 16.7 Å². The van der Waals surface area contributed by atoms with Gasteiger partial charge in [-0.2, -0.15) is 8.62 Å². The van der Waals surface area contributed by atoms with E-state index in [9.17, 15) is 28.1 Å². The Labute approximate surface area is 183 Å². The van der Waals surface area contributed by atoms with Crippen LogP contribution in [0.25, 0.3) is 0 Å². The molecule has 0 heterocycles. The molecule has 0 bridgehead atoms. The molecule has 1 rings (SSSR count). The van der Waals surface area contributed by atoms with Crippen LogP contribution in [0.15, 0.2) is 18.2 Å². The van der Waals surface area contributed by atoms with Crippen LogP contribution >= 0.6 is 23.5 Å². The molecule has 0 aliphatic rings. The predicted molar refractivity (Wildman–Crippen MR) is 91.6 cm³/mol. The number of benzene rings is 1. The Morgan fingerprint density at radius 2 is 1.24 bits per heavy atom. The molecule has 5 N–H and O–H groups in total. The van der Waals surface area contributed by atoms with Crippen molar-refractivity contribution in [2.75, 3.05) is 7.11 Å². The molecular formula is C10H12NaO15P3. The summed E-state index contributed by atoms with van der Waals surface area (Å²) in [7, 11) is -16.1. The molecule has 15 nitrogen and oxygen atoms in total. The van der Waals surface area contributed by atoms with Gasteiger partial charge in [-0.1, -0.05) is 0 Å². The van der Waals surface area contributed by atoms with Gasteiger partial charge in [0.2, 0.25) is 0 Å². The molecule has 19 heteroatoms. The summed E-state index contributed by atoms with van der Waals surface area (Å²) in [5.74, 6) is -4.97. The van der Waals surface area contributed by atoms with E-state index >= 15 is 0 Å². The third-order valence-corrected chi connectivity index (χ3v) is 6.63. The van der Waals surface area contributed by atoms with Crippen LogP contribution in [0.4, 0.5) is 0 Å². The zero-order valence-electron chi connectivity index (χ0n) is 13.4. The van der Waals surface area contributed by atoms with Crippen molar-refractivity contribution in [1.29, 1.82) is 0 Å². The fourth-order valence-corrected chi connectivity index (χ4v) is 4.77. The third-order valence-electron chi connectivity index (χ3n) is 2.49. The van der Waals surface area contributed by atoms with Gasteiger partial charge in [-0.15, -0.1) is 0 Å². The number of rotatable bonds is 9. The molecule has 2 unspecified atom stereocenters. The average Bonchev–Trinajstić information content (AvgIpc) is 2.51. The van der Waals surface area contributed by atoms with Crippen LogP contribution in [0.3, 0.4) is 0 Å². The Balaban J connectivity index is 0.00000784. The fourth-order valence-electron chi connectivity index (χ4n) is 1.51. The second-order valence-electron chi connectivity index (χ2n) is 4.54. The van der Waals surface area contributed by atoms with Gasteiger partial charge in [0, 0.05) is 7.11 Å². The molecule has 0 fully saturated rings. The number of carbonyl (C=O) groups is 3. The Morgan fingerprint density at radius 3 is 1.59 bits per heavy atom. The quantitative estimate of drug-likeness (QED) is 0.236. The van der Waals surface area contributed by atoms with Crippen molar-refractivity contribution in [3.8, 4) is 0 Å². The van der Waals surface area contributed by atoms with Gasteiger partial charge in [-0.25, -0.2) is 28.1 Å². The minimum atomic E-state index is -5.77. The summed E-state index contributed by atoms with van der Waals surface area (Å²) in [6.45, 7) is 0. The summed E-state index contributed by atoms with van der Waals surface area (Å²) in [6.07, 6.45) is 0. The van der Waals surface area contributed by atoms with Gasteiger partial charge in [0.15, 0.2) is 0 Å². The van der Waals surface area contributed by atoms with E-state index in [1.165, 1.54) is 0 Å². The second kappa shape index (κ2) is 10.4. The van der Waals surface area contributed by atoms with Gasteiger partial charge < -0.3 is 29.4 Å². The molecule has 1 aromatic rings. The Morgan fingerprint density at radius 1 is 0.828 bits per heavy atom. The summed E-state index contributed by atoms with van der Waals surface area (Å²) in [5.41, 5.74) is -2.11. The van der Waals surface area contributed by atoms with E-state index in [1.54, 1.807) is 0 Å². The number of hydrogen-bond acceptors (Lipinski definition) is 10. The third kappa shape index (κ3) is 9.18. The molecule has 158 valence electrons. The normalized spacial score (nSPS) is 15.3. The molecule has 0 aromatic heterocycles. The van der Waals surface area contributed by atoms with Crippen LogP contribution in [0.2, 0.25) is 0 Å². The van der Waals surface area contributed by atoms with Gasteiger partial charge >= 0.3 is 70.9 Å². The number of carboxylic acid groups (broad SMARTS) is 2. The van der Waals surface area contributed by atoms with Gasteiger partial charge in [0.25, 0.3) is 0 Å². The molecule has 0 amide bonds. The summed E-state index contributed by atoms with van der Waals surface area (Å²) in [4.78, 5) is 60.1. The van der Waals surface area contributed by atoms with Crippen molar-refractivity contribution >= 4 is 70.9 Å². The summed E-state index contributed by atoms with van der Waals surface area (Å²) >= 11 is 0. The molecule has 29 heavy (non-hydrogen) atoms. The SMILES string of the molecule is COP(=O)(OC(=O)c1cc(C(=O)O)cc(C(=O)O)c1)OP(=O)(O)OP(=O)(O)O.[NaH]. The van der Waals surface area contributed by atoms with Crippen molar-refractivity contribution < 1.29 is 70.6 Å². The van der Waals surface area contributed by atoms with E-state index in [0.29, 0.717) is 25.3 Å². The fraction of sp³-hybridized carbons (Fsp3) is 0.100. The molecule has 0 radical (unpaired) electrons. The van der Waals surface area contributed by atoms with Crippen LogP contribution in [-0.2, 0) is 31.4 Å². The predicted octanol–water partition coefficient (Wildman–Crippen LogP) is 0.572. The second-order valence-corrected chi connectivity index (χ2v) is 9.21. The van der Waals surface area contributed by atoms with Crippen molar-refractivity contribution in [3.63, 3.8) is 0 Å². The maximum absolute atomic E-state index is 12.1. The van der Waals surface area contributed by atoms with Crippen molar-refractivity contribution in [2.24, 2.45) is 0 Å². The van der Waals surface area contributed by atoms with E-state index in [2.05, 4.69) is 17.7 Å². The number of aromatic carboxylic acids is 2. The Bertz CT molecular complexity index is 919. The van der Waals surface area contributed by atoms with Crippen molar-refractivity contribution in [1.82, 2.24) is 0 Å². The topological polar surface area (TPSA) is 240 Å². The maximum atomic E-state index is 12.1. The van der Waals surface area contributed by atoms with E-state index in [4.69, 9.17) is 24.9 Å². The number of carboxylic acids is 2. The van der Waals surface area contributed by atoms with E-state index < -0.39 is 58.1 Å². The van der Waals surface area contributed by atoms with Crippen molar-refractivity contribution in [2.45, 2.75) is 0 Å². The zero-order chi connectivity index (χ0) is 21.9. The van der Waals surface area contributed by atoms with Gasteiger partial charge in [0.1, 0.15) is 0 Å². The number of phosphoric acid groups is 3. The van der Waals surface area contributed by atoms with Crippen molar-refractivity contribution in [3.05, 3.63) is 34.9 Å². The summed E-state index contributed by atoms with van der Waals surface area (Å²) < 4.78 is 49.7. The van der Waals surface area contributed by atoms with E-state index in [1.807, 2.05) is 0 Å². The molecule has 0 spiro atoms. The first-order valence-corrected chi connectivity index (χ1v) is 10.9. The Hall–Kier alpha value is -0.920. The molecule has 0 saturated carbocycles. The molecule has 2 atom stereocenters. The van der Waals surface area contributed by atoms with E-state index in [-0.39, 0.29) is 29.6 Å². The van der Waals surface area contributed by atoms with Gasteiger partial charge in [-0.05, 0) is 18.2 Å². The molecule has 1 aromatic carbocycles. The van der Waals surface area contributed by atoms with E-state index in [0.717, 1.165) is 0 Å². The first-order chi connectivity index (χ1) is 12.6. The monoisotopic (exact) mass is 488 g/mol. The minimum absolute atomic E-state index is 0. The van der Waals surface area contributed by atoms with Crippen LogP contribution < -0.4 is 0 Å².